The molecule has 3 rings (SSSR count). The summed E-state index contributed by atoms with van der Waals surface area (Å²) in [5.41, 5.74) is 0. The van der Waals surface area contributed by atoms with Gasteiger partial charge in [0.1, 0.15) is 0 Å². The van der Waals surface area contributed by atoms with Crippen LogP contribution in [0.4, 0.5) is 0 Å². The van der Waals surface area contributed by atoms with E-state index in [-0.39, 0.29) is 24.0 Å². The first-order valence-corrected chi connectivity index (χ1v) is 9.46. The minimum Gasteiger partial charge on any atom is -0.356 e. The summed E-state index contributed by atoms with van der Waals surface area (Å²) in [5.74, 6) is 2.81. The number of aryl methyl sites for hydroxylation is 1. The summed E-state index contributed by atoms with van der Waals surface area (Å²) < 4.78 is 0. The van der Waals surface area contributed by atoms with E-state index in [1.807, 2.05) is 13.2 Å². The molecule has 2 saturated carbocycles. The summed E-state index contributed by atoms with van der Waals surface area (Å²) in [6.45, 7) is 3.00. The molecular weight excluding hydrogens is 419 g/mol. The molecule has 0 bridgehead atoms. The quantitative estimate of drug-likeness (QED) is 0.410. The highest BCUT2D eigenvalue weighted by Gasteiger charge is 2.43. The molecule has 6 heteroatoms. The smallest absolute Gasteiger partial charge is 0.191 e. The Labute approximate surface area is 161 Å². The molecule has 1 aromatic heterocycles. The van der Waals surface area contributed by atoms with Crippen molar-refractivity contribution >= 4 is 41.3 Å². The van der Waals surface area contributed by atoms with E-state index >= 15 is 0 Å². The predicted octanol–water partition coefficient (Wildman–Crippen LogP) is 3.75. The van der Waals surface area contributed by atoms with Crippen molar-refractivity contribution < 1.29 is 0 Å². The Morgan fingerprint density at radius 2 is 2.13 bits per heavy atom. The van der Waals surface area contributed by atoms with Crippen LogP contribution in [0.15, 0.2) is 11.2 Å². The topological polar surface area (TPSA) is 49.3 Å². The number of hydrogen-bond acceptors (Lipinski definition) is 3. The van der Waals surface area contributed by atoms with Gasteiger partial charge in [-0.05, 0) is 25.2 Å². The van der Waals surface area contributed by atoms with E-state index in [1.165, 1.54) is 48.4 Å². The Hall–Kier alpha value is -0.370. The molecule has 1 aromatic rings. The molecule has 23 heavy (non-hydrogen) atoms. The second-order valence-corrected chi connectivity index (χ2v) is 7.98. The van der Waals surface area contributed by atoms with Gasteiger partial charge in [0.05, 0.1) is 5.01 Å². The van der Waals surface area contributed by atoms with E-state index in [4.69, 9.17) is 0 Å². The first kappa shape index (κ1) is 19.0. The lowest BCUT2D eigenvalue weighted by Crippen LogP contribution is -2.40. The summed E-state index contributed by atoms with van der Waals surface area (Å²) in [5, 5.41) is 8.23. The molecule has 0 amide bonds. The molecule has 2 N–H and O–H groups in total. The zero-order chi connectivity index (χ0) is 15.4. The Balaban J connectivity index is 0.00000192. The number of guanidine groups is 1. The van der Waals surface area contributed by atoms with Crippen molar-refractivity contribution in [2.45, 2.75) is 57.9 Å². The van der Waals surface area contributed by atoms with Gasteiger partial charge in [0.15, 0.2) is 5.96 Å². The number of hydrogen-bond donors (Lipinski definition) is 2. The molecule has 2 atom stereocenters. The van der Waals surface area contributed by atoms with E-state index < -0.39 is 0 Å². The van der Waals surface area contributed by atoms with Gasteiger partial charge in [-0.1, -0.05) is 32.1 Å². The lowest BCUT2D eigenvalue weighted by Gasteiger charge is -2.22. The van der Waals surface area contributed by atoms with Gasteiger partial charge in [-0.15, -0.1) is 35.3 Å². The number of aromatic nitrogens is 1. The van der Waals surface area contributed by atoms with Crippen LogP contribution in [-0.2, 0) is 6.42 Å². The van der Waals surface area contributed by atoms with Crippen molar-refractivity contribution in [3.63, 3.8) is 0 Å². The van der Waals surface area contributed by atoms with Crippen molar-refractivity contribution in [3.05, 3.63) is 16.1 Å². The van der Waals surface area contributed by atoms with Gasteiger partial charge in [-0.25, -0.2) is 4.98 Å². The van der Waals surface area contributed by atoms with Crippen molar-refractivity contribution in [3.8, 4) is 0 Å². The molecule has 2 fully saturated rings. The average molecular weight is 448 g/mol. The van der Waals surface area contributed by atoms with Crippen LogP contribution < -0.4 is 10.6 Å². The normalized spacial score (nSPS) is 24.9. The number of aliphatic imine (C=N–C) groups is 1. The third-order valence-electron chi connectivity index (χ3n) is 4.94. The summed E-state index contributed by atoms with van der Waals surface area (Å²) in [6.07, 6.45) is 11.5. The monoisotopic (exact) mass is 448 g/mol. The minimum atomic E-state index is 0. The molecule has 0 aliphatic heterocycles. The molecule has 0 saturated heterocycles. The van der Waals surface area contributed by atoms with E-state index in [0.29, 0.717) is 6.04 Å². The molecule has 0 spiro atoms. The maximum Gasteiger partial charge on any atom is 0.191 e. The highest BCUT2D eigenvalue weighted by molar-refractivity contribution is 14.0. The van der Waals surface area contributed by atoms with Gasteiger partial charge in [0, 0.05) is 37.1 Å². The van der Waals surface area contributed by atoms with Gasteiger partial charge < -0.3 is 10.6 Å². The summed E-state index contributed by atoms with van der Waals surface area (Å²) in [6, 6.07) is 0.649. The van der Waals surface area contributed by atoms with Gasteiger partial charge in [0.25, 0.3) is 0 Å². The van der Waals surface area contributed by atoms with Crippen LogP contribution in [-0.4, -0.2) is 30.6 Å². The van der Waals surface area contributed by atoms with Crippen molar-refractivity contribution in [2.24, 2.45) is 16.8 Å². The highest BCUT2D eigenvalue weighted by atomic mass is 127. The molecule has 0 radical (unpaired) electrons. The van der Waals surface area contributed by atoms with Crippen LogP contribution in [0.1, 0.15) is 48.4 Å². The Kier molecular flexibility index (Phi) is 7.59. The third-order valence-corrected chi connectivity index (χ3v) is 5.91. The van der Waals surface area contributed by atoms with Crippen molar-refractivity contribution in [2.75, 3.05) is 13.6 Å². The Morgan fingerprint density at radius 1 is 1.35 bits per heavy atom. The fourth-order valence-electron chi connectivity index (χ4n) is 3.64. The van der Waals surface area contributed by atoms with E-state index in [2.05, 4.69) is 27.5 Å². The van der Waals surface area contributed by atoms with Crippen LogP contribution in [0, 0.1) is 18.8 Å². The van der Waals surface area contributed by atoms with Crippen LogP contribution in [0.25, 0.3) is 0 Å². The van der Waals surface area contributed by atoms with Crippen molar-refractivity contribution in [1.29, 1.82) is 0 Å². The molecular formula is C17H29IN4S. The SMILES string of the molecule is CN=C(NCCc1ncc(C)s1)NC1CC1C1CCCCC1.I. The average Bonchev–Trinajstić information content (AvgIpc) is 3.20. The van der Waals surface area contributed by atoms with Gasteiger partial charge in [-0.2, -0.15) is 0 Å². The second kappa shape index (κ2) is 9.20. The first-order chi connectivity index (χ1) is 10.8. The van der Waals surface area contributed by atoms with Crippen molar-refractivity contribution in [1.82, 2.24) is 15.6 Å². The lowest BCUT2D eigenvalue weighted by atomic mass is 9.85. The maximum atomic E-state index is 4.40. The first-order valence-electron chi connectivity index (χ1n) is 8.64. The molecule has 0 aromatic carbocycles. The van der Waals surface area contributed by atoms with E-state index in [1.54, 1.807) is 11.3 Å². The maximum absolute atomic E-state index is 4.40. The highest BCUT2D eigenvalue weighted by Crippen LogP contribution is 2.44. The second-order valence-electron chi connectivity index (χ2n) is 6.66. The van der Waals surface area contributed by atoms with Gasteiger partial charge in [-0.3, -0.25) is 4.99 Å². The number of nitrogens with one attached hydrogen (secondary N) is 2. The predicted molar refractivity (Wildman–Crippen MR) is 109 cm³/mol. The molecule has 2 aliphatic rings. The molecule has 2 unspecified atom stereocenters. The summed E-state index contributed by atoms with van der Waals surface area (Å²) >= 11 is 1.78. The van der Waals surface area contributed by atoms with Crippen LogP contribution >= 0.6 is 35.3 Å². The fourth-order valence-corrected chi connectivity index (χ4v) is 4.43. The zero-order valence-electron chi connectivity index (χ0n) is 14.2. The minimum absolute atomic E-state index is 0. The van der Waals surface area contributed by atoms with Crippen LogP contribution in [0.3, 0.4) is 0 Å². The van der Waals surface area contributed by atoms with Crippen LogP contribution in [0.2, 0.25) is 0 Å². The lowest BCUT2D eigenvalue weighted by molar-refractivity contribution is 0.315. The summed E-state index contributed by atoms with van der Waals surface area (Å²) in [7, 11) is 1.86. The number of thiazole rings is 1. The molecule has 1 heterocycles. The largest absolute Gasteiger partial charge is 0.356 e. The number of halogens is 1. The Morgan fingerprint density at radius 3 is 2.78 bits per heavy atom. The molecule has 130 valence electrons. The Bertz CT molecular complexity index is 510. The molecule has 4 nitrogen and oxygen atoms in total. The van der Waals surface area contributed by atoms with Gasteiger partial charge >= 0.3 is 0 Å². The third kappa shape index (κ3) is 5.59. The standard InChI is InChI=1S/C17H28N4S.HI/c1-12-11-20-16(22-12)8-9-19-17(18-2)21-15-10-14(15)13-6-4-3-5-7-13;/h11,13-15H,3-10H2,1-2H3,(H2,18,19,21);1H. The number of rotatable bonds is 5. The van der Waals surface area contributed by atoms with E-state index in [0.717, 1.165) is 30.8 Å². The van der Waals surface area contributed by atoms with Gasteiger partial charge in [0.2, 0.25) is 0 Å². The number of nitrogens with zero attached hydrogens (tertiary/aromatic N) is 2. The molecule has 2 aliphatic carbocycles. The van der Waals surface area contributed by atoms with E-state index in [9.17, 15) is 0 Å². The van der Waals surface area contributed by atoms with Crippen LogP contribution in [0.5, 0.6) is 0 Å². The summed E-state index contributed by atoms with van der Waals surface area (Å²) in [4.78, 5) is 10.0. The fraction of sp³-hybridized carbons (Fsp3) is 0.765. The zero-order valence-corrected chi connectivity index (χ0v) is 17.3.